The van der Waals surface area contributed by atoms with Gasteiger partial charge in [0.2, 0.25) is 0 Å². The Balaban J connectivity index is 1.95. The Morgan fingerprint density at radius 3 is 2.81 bits per heavy atom. The first-order valence-corrected chi connectivity index (χ1v) is 7.31. The molecule has 2 aromatic rings. The van der Waals surface area contributed by atoms with Crippen molar-refractivity contribution < 1.29 is 4.74 Å². The van der Waals surface area contributed by atoms with Gasteiger partial charge in [-0.3, -0.25) is 0 Å². The Kier molecular flexibility index (Phi) is 3.53. The molecule has 1 heterocycles. The Bertz CT molecular complexity index is 631. The number of hydrogen-bond donors (Lipinski definition) is 1. The number of anilines is 1. The molecule has 1 saturated carbocycles. The van der Waals surface area contributed by atoms with Crippen LogP contribution in [0.5, 0.6) is 5.75 Å². The smallest absolute Gasteiger partial charge is 0.185 e. The number of nitrogen functional groups attached to an aromatic ring is 1. The zero-order valence-corrected chi connectivity index (χ0v) is 12.5. The molecular weight excluding hydrogens is 266 g/mol. The topological polar surface area (TPSA) is 78.8 Å². The van der Waals surface area contributed by atoms with Crippen molar-refractivity contribution >= 4 is 5.69 Å². The molecule has 0 atom stereocenters. The van der Waals surface area contributed by atoms with Gasteiger partial charge in [0.25, 0.3) is 0 Å². The van der Waals surface area contributed by atoms with Crippen molar-refractivity contribution in [1.82, 2.24) is 20.2 Å². The van der Waals surface area contributed by atoms with E-state index in [2.05, 4.69) is 22.4 Å². The Morgan fingerprint density at radius 1 is 1.33 bits per heavy atom. The van der Waals surface area contributed by atoms with Crippen LogP contribution in [0.25, 0.3) is 11.4 Å². The molecule has 0 radical (unpaired) electrons. The van der Waals surface area contributed by atoms with Gasteiger partial charge in [-0.15, -0.1) is 5.10 Å². The highest BCUT2D eigenvalue weighted by Gasteiger charge is 2.30. The molecule has 1 fully saturated rings. The molecule has 1 aromatic heterocycles. The van der Waals surface area contributed by atoms with Crippen LogP contribution in [0, 0.1) is 5.41 Å². The van der Waals surface area contributed by atoms with Crippen molar-refractivity contribution in [2.24, 2.45) is 5.41 Å². The van der Waals surface area contributed by atoms with E-state index in [1.807, 2.05) is 16.8 Å². The van der Waals surface area contributed by atoms with E-state index < -0.39 is 0 Å². The number of tetrazole rings is 1. The van der Waals surface area contributed by atoms with Crippen LogP contribution in [0.15, 0.2) is 18.2 Å². The number of nitrogens with two attached hydrogens (primary N) is 1. The van der Waals surface area contributed by atoms with E-state index in [4.69, 9.17) is 10.5 Å². The molecule has 2 N–H and O–H groups in total. The van der Waals surface area contributed by atoms with Gasteiger partial charge in [0.1, 0.15) is 5.75 Å². The first-order valence-electron chi connectivity index (χ1n) is 7.31. The normalized spacial score (nSPS) is 17.0. The van der Waals surface area contributed by atoms with Gasteiger partial charge in [0.15, 0.2) is 5.82 Å². The number of rotatable bonds is 4. The SMILES string of the molecule is COc1cc(N)ccc1-c1nnnn1CC1(C)CCCC1. The lowest BCUT2D eigenvalue weighted by molar-refractivity contribution is 0.267. The minimum absolute atomic E-state index is 0.283. The van der Waals surface area contributed by atoms with Crippen LogP contribution in [0.2, 0.25) is 0 Å². The number of methoxy groups -OCH3 is 1. The Hall–Kier alpha value is -2.11. The largest absolute Gasteiger partial charge is 0.496 e. The van der Waals surface area contributed by atoms with Crippen molar-refractivity contribution in [3.8, 4) is 17.1 Å². The number of nitrogens with zero attached hydrogens (tertiary/aromatic N) is 4. The molecule has 0 saturated heterocycles. The summed E-state index contributed by atoms with van der Waals surface area (Å²) in [6, 6.07) is 5.55. The lowest BCUT2D eigenvalue weighted by Gasteiger charge is -2.23. The molecule has 0 bridgehead atoms. The van der Waals surface area contributed by atoms with Gasteiger partial charge in [-0.25, -0.2) is 4.68 Å². The summed E-state index contributed by atoms with van der Waals surface area (Å²) < 4.78 is 7.30. The monoisotopic (exact) mass is 287 g/mol. The van der Waals surface area contributed by atoms with E-state index in [1.165, 1.54) is 25.7 Å². The number of hydrogen-bond acceptors (Lipinski definition) is 5. The summed E-state index contributed by atoms with van der Waals surface area (Å²) in [5, 5.41) is 12.2. The van der Waals surface area contributed by atoms with Gasteiger partial charge in [-0.05, 0) is 40.8 Å². The second kappa shape index (κ2) is 5.35. The van der Waals surface area contributed by atoms with Gasteiger partial charge in [0, 0.05) is 11.8 Å². The molecule has 0 amide bonds. The zero-order valence-electron chi connectivity index (χ0n) is 12.5. The van der Waals surface area contributed by atoms with E-state index in [1.54, 1.807) is 13.2 Å². The van der Waals surface area contributed by atoms with Crippen LogP contribution >= 0.6 is 0 Å². The average Bonchev–Trinajstić information content (AvgIpc) is 3.08. The van der Waals surface area contributed by atoms with Gasteiger partial charge in [-0.2, -0.15) is 0 Å². The number of ether oxygens (including phenoxy) is 1. The molecule has 6 nitrogen and oxygen atoms in total. The number of benzene rings is 1. The highest BCUT2D eigenvalue weighted by molar-refractivity contribution is 5.67. The predicted molar refractivity (Wildman–Crippen MR) is 80.8 cm³/mol. The standard InChI is InChI=1S/C15H21N5O/c1-15(7-3-4-8-15)10-20-14(17-18-19-20)12-6-5-11(16)9-13(12)21-2/h5-6,9H,3-4,7-8,10,16H2,1-2H3. The van der Waals surface area contributed by atoms with Crippen LogP contribution in [0.1, 0.15) is 32.6 Å². The second-order valence-electron chi connectivity index (χ2n) is 6.14. The summed E-state index contributed by atoms with van der Waals surface area (Å²) in [5.74, 6) is 1.43. The third kappa shape index (κ3) is 2.70. The minimum Gasteiger partial charge on any atom is -0.496 e. The maximum atomic E-state index is 5.81. The maximum absolute atomic E-state index is 5.81. The van der Waals surface area contributed by atoms with Gasteiger partial charge in [-0.1, -0.05) is 19.8 Å². The molecule has 0 spiro atoms. The molecule has 112 valence electrons. The quantitative estimate of drug-likeness (QED) is 0.874. The lowest BCUT2D eigenvalue weighted by Crippen LogP contribution is -2.21. The minimum atomic E-state index is 0.283. The van der Waals surface area contributed by atoms with Gasteiger partial charge in [0.05, 0.1) is 19.2 Å². The van der Waals surface area contributed by atoms with Crippen LogP contribution in [0.3, 0.4) is 0 Å². The summed E-state index contributed by atoms with van der Waals surface area (Å²) in [7, 11) is 1.63. The molecule has 3 rings (SSSR count). The summed E-state index contributed by atoms with van der Waals surface area (Å²) in [6.07, 6.45) is 5.04. The van der Waals surface area contributed by atoms with Gasteiger partial charge >= 0.3 is 0 Å². The highest BCUT2D eigenvalue weighted by atomic mass is 16.5. The fourth-order valence-electron chi connectivity index (χ4n) is 3.14. The van der Waals surface area contributed by atoms with Crippen molar-refractivity contribution in [1.29, 1.82) is 0 Å². The number of aromatic nitrogens is 4. The Morgan fingerprint density at radius 2 is 2.10 bits per heavy atom. The van der Waals surface area contributed by atoms with E-state index in [9.17, 15) is 0 Å². The first-order chi connectivity index (χ1) is 10.1. The van der Waals surface area contributed by atoms with Crippen molar-refractivity contribution in [2.75, 3.05) is 12.8 Å². The maximum Gasteiger partial charge on any atom is 0.185 e. The molecular formula is C15H21N5O. The van der Waals surface area contributed by atoms with E-state index >= 15 is 0 Å². The van der Waals surface area contributed by atoms with Crippen LogP contribution in [0.4, 0.5) is 5.69 Å². The fraction of sp³-hybridized carbons (Fsp3) is 0.533. The zero-order chi connectivity index (χ0) is 14.9. The summed E-state index contributed by atoms with van der Waals surface area (Å²) in [6.45, 7) is 3.15. The van der Waals surface area contributed by atoms with E-state index in [0.29, 0.717) is 11.4 Å². The van der Waals surface area contributed by atoms with E-state index in [-0.39, 0.29) is 5.41 Å². The van der Waals surface area contributed by atoms with Crippen molar-refractivity contribution in [2.45, 2.75) is 39.2 Å². The summed E-state index contributed by atoms with van der Waals surface area (Å²) >= 11 is 0. The third-order valence-corrected chi connectivity index (χ3v) is 4.34. The van der Waals surface area contributed by atoms with Crippen LogP contribution in [-0.2, 0) is 6.54 Å². The molecule has 1 aliphatic rings. The molecule has 6 heteroatoms. The lowest BCUT2D eigenvalue weighted by atomic mass is 9.89. The molecule has 1 aliphatic carbocycles. The highest BCUT2D eigenvalue weighted by Crippen LogP contribution is 2.40. The molecule has 0 unspecified atom stereocenters. The summed E-state index contributed by atoms with van der Waals surface area (Å²) in [4.78, 5) is 0. The van der Waals surface area contributed by atoms with Crippen molar-refractivity contribution in [3.63, 3.8) is 0 Å². The second-order valence-corrected chi connectivity index (χ2v) is 6.14. The average molecular weight is 287 g/mol. The van der Waals surface area contributed by atoms with Crippen LogP contribution < -0.4 is 10.5 Å². The van der Waals surface area contributed by atoms with E-state index in [0.717, 1.165) is 17.9 Å². The third-order valence-electron chi connectivity index (χ3n) is 4.34. The summed E-state index contributed by atoms with van der Waals surface area (Å²) in [5.41, 5.74) is 7.63. The first kappa shape index (κ1) is 13.9. The fourth-order valence-corrected chi connectivity index (χ4v) is 3.14. The predicted octanol–water partition coefficient (Wildman–Crippen LogP) is 2.51. The Labute approximate surface area is 124 Å². The molecule has 1 aromatic carbocycles. The van der Waals surface area contributed by atoms with Crippen molar-refractivity contribution in [3.05, 3.63) is 18.2 Å². The molecule has 21 heavy (non-hydrogen) atoms. The molecule has 0 aliphatic heterocycles. The van der Waals surface area contributed by atoms with Crippen LogP contribution in [-0.4, -0.2) is 27.3 Å². The van der Waals surface area contributed by atoms with Gasteiger partial charge < -0.3 is 10.5 Å².